The van der Waals surface area contributed by atoms with E-state index in [-0.39, 0.29) is 74.0 Å². The predicted octanol–water partition coefficient (Wildman–Crippen LogP) is 0.723. The summed E-state index contributed by atoms with van der Waals surface area (Å²) in [5, 5.41) is 40.1. The summed E-state index contributed by atoms with van der Waals surface area (Å²) in [6, 6.07) is 5.20. The van der Waals surface area contributed by atoms with Crippen LogP contribution >= 0.6 is 0 Å². The first-order valence-corrected chi connectivity index (χ1v) is 29.7. The molecule has 13 atom stereocenters. The van der Waals surface area contributed by atoms with E-state index in [1.807, 2.05) is 9.80 Å². The number of hydrogen-bond donors (Lipinski definition) is 8. The number of Topliss-reactive ketones (excluding diaryl/α,β-unsaturated/α-hetero) is 2. The van der Waals surface area contributed by atoms with Crippen molar-refractivity contribution in [1.29, 1.82) is 0 Å². The number of epoxide rings is 2. The van der Waals surface area contributed by atoms with E-state index in [4.69, 9.17) is 28.4 Å². The van der Waals surface area contributed by atoms with E-state index in [0.29, 0.717) is 82.5 Å². The fraction of sp³-hybridized carbons (Fsp3) is 0.639. The molecule has 0 radical (unpaired) electrons. The summed E-state index contributed by atoms with van der Waals surface area (Å²) >= 11 is 0. The molecule has 13 unspecified atom stereocenters. The molecular formula is C61H86N8O16. The van der Waals surface area contributed by atoms with Crippen LogP contribution in [0.25, 0.3) is 0 Å². The summed E-state index contributed by atoms with van der Waals surface area (Å²) in [5.41, 5.74) is -0.748. The third-order valence-electron chi connectivity index (χ3n) is 17.4. The highest BCUT2D eigenvalue weighted by Gasteiger charge is 2.52. The topological polar surface area (TPSA) is 318 Å². The second kappa shape index (κ2) is 29.3. The molecule has 6 amide bonds. The van der Waals surface area contributed by atoms with Gasteiger partial charge in [0.25, 0.3) is 0 Å². The van der Waals surface area contributed by atoms with Crippen LogP contribution in [0.15, 0.2) is 60.2 Å². The fourth-order valence-electron chi connectivity index (χ4n) is 11.9. The number of aliphatic hydroxyl groups is 2. The SMILES string of the molecule is COc1ccc(C(O)C(NC(=O)C(C)NC(=O)CN2CCOCC2)C(=O)NC(CC2=CCCC(C3CCC(CC(NC(=O)C(NC(=O)C(C)NC(=O)CN4CCOCC4)C(O)c4ccc(OC)cc4)C(=O)C4(C)CO4)C3)C2)C(=O)C2(C)CO2)cc1. The molecule has 4 aliphatic heterocycles. The number of nitrogens with zero attached hydrogens (tertiary/aromatic N) is 2. The largest absolute Gasteiger partial charge is 0.497 e. The zero-order chi connectivity index (χ0) is 61.0. The summed E-state index contributed by atoms with van der Waals surface area (Å²) in [4.78, 5) is 115. The van der Waals surface area contributed by atoms with Gasteiger partial charge in [0, 0.05) is 26.2 Å². The molecular weight excluding hydrogens is 1100 g/mol. The van der Waals surface area contributed by atoms with Crippen LogP contribution < -0.4 is 41.4 Å². The molecule has 466 valence electrons. The maximum atomic E-state index is 14.6. The van der Waals surface area contributed by atoms with Gasteiger partial charge in [-0.05, 0) is 126 Å². The molecule has 0 spiro atoms. The number of benzene rings is 2. The lowest BCUT2D eigenvalue weighted by Crippen LogP contribution is -2.58. The smallest absolute Gasteiger partial charge is 0.246 e. The van der Waals surface area contributed by atoms with Gasteiger partial charge in [0.15, 0.2) is 11.6 Å². The Morgan fingerprint density at radius 3 is 1.46 bits per heavy atom. The minimum absolute atomic E-state index is 0.0112. The highest BCUT2D eigenvalue weighted by atomic mass is 16.6. The van der Waals surface area contributed by atoms with Gasteiger partial charge < -0.3 is 70.5 Å². The molecule has 4 saturated heterocycles. The molecule has 85 heavy (non-hydrogen) atoms. The summed E-state index contributed by atoms with van der Waals surface area (Å²) in [6.07, 6.45) is 3.84. The van der Waals surface area contributed by atoms with Crippen molar-refractivity contribution in [2.45, 2.75) is 139 Å². The number of nitrogens with one attached hydrogen (secondary N) is 6. The zero-order valence-electron chi connectivity index (χ0n) is 49.7. The molecule has 2 aliphatic carbocycles. The number of morpholine rings is 2. The van der Waals surface area contributed by atoms with Crippen LogP contribution in [0.1, 0.15) is 102 Å². The fourth-order valence-corrected chi connectivity index (χ4v) is 11.9. The summed E-state index contributed by atoms with van der Waals surface area (Å²) in [5.74, 6) is -3.17. The Morgan fingerprint density at radius 1 is 0.588 bits per heavy atom. The second-order valence-electron chi connectivity index (χ2n) is 23.9. The van der Waals surface area contributed by atoms with Crippen molar-refractivity contribution < 1.29 is 77.0 Å². The second-order valence-corrected chi connectivity index (χ2v) is 23.9. The van der Waals surface area contributed by atoms with Gasteiger partial charge in [-0.15, -0.1) is 0 Å². The summed E-state index contributed by atoms with van der Waals surface area (Å²) < 4.78 is 32.6. The van der Waals surface area contributed by atoms with Crippen molar-refractivity contribution in [1.82, 2.24) is 41.7 Å². The molecule has 0 bridgehead atoms. The Kier molecular flexibility index (Phi) is 22.3. The van der Waals surface area contributed by atoms with Crippen molar-refractivity contribution in [3.63, 3.8) is 0 Å². The lowest BCUT2D eigenvalue weighted by Gasteiger charge is -2.32. The van der Waals surface area contributed by atoms with Gasteiger partial charge >= 0.3 is 0 Å². The van der Waals surface area contributed by atoms with E-state index in [2.05, 4.69) is 38.0 Å². The first-order valence-electron chi connectivity index (χ1n) is 29.7. The molecule has 5 fully saturated rings. The number of ketones is 2. The van der Waals surface area contributed by atoms with Gasteiger partial charge in [-0.1, -0.05) is 42.3 Å². The van der Waals surface area contributed by atoms with Gasteiger partial charge in [-0.25, -0.2) is 0 Å². The first kappa shape index (κ1) is 64.6. The van der Waals surface area contributed by atoms with Crippen molar-refractivity contribution in [3.8, 4) is 11.5 Å². The third-order valence-corrected chi connectivity index (χ3v) is 17.4. The van der Waals surface area contributed by atoms with E-state index in [9.17, 15) is 48.6 Å². The minimum atomic E-state index is -1.60. The number of methoxy groups -OCH3 is 2. The lowest BCUT2D eigenvalue weighted by molar-refractivity contribution is -0.136. The molecule has 2 aromatic carbocycles. The molecule has 0 aromatic heterocycles. The Bertz CT molecular complexity index is 2710. The Balaban J connectivity index is 0.924. The predicted molar refractivity (Wildman–Crippen MR) is 308 cm³/mol. The van der Waals surface area contributed by atoms with E-state index < -0.39 is 95.1 Å². The van der Waals surface area contributed by atoms with Gasteiger partial charge in [0.2, 0.25) is 35.4 Å². The summed E-state index contributed by atoms with van der Waals surface area (Å²) in [7, 11) is 2.98. The monoisotopic (exact) mass is 1190 g/mol. The molecule has 6 aliphatic rings. The zero-order valence-corrected chi connectivity index (χ0v) is 49.7. The number of aliphatic hydroxyl groups excluding tert-OH is 2. The first-order chi connectivity index (χ1) is 40.6. The van der Waals surface area contributed by atoms with E-state index in [0.717, 1.165) is 31.3 Å². The highest BCUT2D eigenvalue weighted by molar-refractivity contribution is 6.00. The average Bonchev–Trinajstić information content (AvgIpc) is 3.10. The van der Waals surface area contributed by atoms with Crippen LogP contribution in [-0.2, 0) is 57.3 Å². The van der Waals surface area contributed by atoms with Crippen LogP contribution in [0, 0.1) is 17.8 Å². The molecule has 8 N–H and O–H groups in total. The summed E-state index contributed by atoms with van der Waals surface area (Å²) in [6.45, 7) is 10.9. The molecule has 2 aromatic rings. The number of carbonyl (C=O) groups is 8. The molecule has 8 rings (SSSR count). The van der Waals surface area contributed by atoms with Gasteiger partial charge in [0.1, 0.15) is 59.1 Å². The number of hydrogen-bond acceptors (Lipinski definition) is 18. The van der Waals surface area contributed by atoms with Crippen molar-refractivity contribution in [3.05, 3.63) is 71.3 Å². The third kappa shape index (κ3) is 17.6. The van der Waals surface area contributed by atoms with Crippen molar-refractivity contribution in [2.24, 2.45) is 17.8 Å². The van der Waals surface area contributed by atoms with Gasteiger partial charge in [-0.2, -0.15) is 0 Å². The number of ether oxygens (including phenoxy) is 6. The lowest BCUT2D eigenvalue weighted by atomic mass is 9.76. The van der Waals surface area contributed by atoms with Gasteiger partial charge in [-0.3, -0.25) is 48.2 Å². The highest BCUT2D eigenvalue weighted by Crippen LogP contribution is 2.45. The number of carbonyl (C=O) groups excluding carboxylic acids is 8. The maximum Gasteiger partial charge on any atom is 0.246 e. The molecule has 4 heterocycles. The molecule has 24 heteroatoms. The number of allylic oxidation sites excluding steroid dienone is 1. The van der Waals surface area contributed by atoms with Crippen LogP contribution in [0.3, 0.4) is 0 Å². The van der Waals surface area contributed by atoms with E-state index in [1.165, 1.54) is 28.1 Å². The molecule has 24 nitrogen and oxygen atoms in total. The van der Waals surface area contributed by atoms with Crippen LogP contribution in [-0.4, -0.2) is 208 Å². The van der Waals surface area contributed by atoms with Crippen molar-refractivity contribution >= 4 is 47.0 Å². The Hall–Kier alpha value is -6.38. The minimum Gasteiger partial charge on any atom is -0.497 e. The average molecular weight is 1190 g/mol. The van der Waals surface area contributed by atoms with E-state index in [1.54, 1.807) is 62.4 Å². The van der Waals surface area contributed by atoms with Crippen molar-refractivity contribution in [2.75, 3.05) is 93.1 Å². The Morgan fingerprint density at radius 2 is 1.02 bits per heavy atom. The quantitative estimate of drug-likeness (QED) is 0.0411. The standard InChI is InChI=1S/C61H86N8O16/c1-36(62-48(70)32-68-20-24-82-25-21-68)56(76)66-50(52(72)40-12-16-44(80-5)17-13-40)58(78)64-46(54(74)60(3)34-84-60)30-38-8-7-9-42(28-38)43-11-10-39(29-43)31-47(55(75)61(4)35-85-61)65-59(79)51(53(73)41-14-18-45(81-6)19-15-41)67-57(77)37(2)63-49(71)33-69-22-26-83-27-23-69/h8,12-19,36-37,39,42-43,46-47,50-53,72-73H,7,9-11,20-35H2,1-6H3,(H,62,70)(H,63,71)(H,64,78)(H,65,79)(H,66,76)(H,67,77). The van der Waals surface area contributed by atoms with Crippen LogP contribution in [0.4, 0.5) is 0 Å². The molecule has 1 saturated carbocycles. The maximum absolute atomic E-state index is 14.6. The van der Waals surface area contributed by atoms with Crippen LogP contribution in [0.5, 0.6) is 11.5 Å². The van der Waals surface area contributed by atoms with Gasteiger partial charge in [0.05, 0.1) is 79.0 Å². The number of amides is 6. The van der Waals surface area contributed by atoms with Crippen LogP contribution in [0.2, 0.25) is 0 Å². The Labute approximate surface area is 496 Å². The number of rotatable bonds is 29. The normalized spacial score (nSPS) is 26.0. The van der Waals surface area contributed by atoms with E-state index >= 15 is 0 Å².